The average Bonchev–Trinajstić information content (AvgIpc) is 3.19. The number of carbonyl (C=O) groups is 1. The molecule has 0 radical (unpaired) electrons. The number of hydrogen-bond acceptors (Lipinski definition) is 5. The van der Waals surface area contributed by atoms with Crippen LogP contribution >= 0.6 is 0 Å². The number of carboxylic acid groups (broad SMARTS) is 1. The number of aromatic nitrogens is 4. The van der Waals surface area contributed by atoms with Crippen LogP contribution in [0, 0.1) is 12.7 Å². The highest BCUT2D eigenvalue weighted by molar-refractivity contribution is 5.94. The van der Waals surface area contributed by atoms with Crippen molar-refractivity contribution in [2.45, 2.75) is 13.1 Å². The molecule has 0 saturated heterocycles. The molecule has 2 aromatic heterocycles. The highest BCUT2D eigenvalue weighted by Crippen LogP contribution is 2.32. The molecule has 2 N–H and O–H groups in total. The third-order valence-corrected chi connectivity index (χ3v) is 4.70. The molecule has 0 aliphatic carbocycles. The van der Waals surface area contributed by atoms with E-state index in [1.165, 1.54) is 23.0 Å². The summed E-state index contributed by atoms with van der Waals surface area (Å²) < 4.78 is 54.6. The van der Waals surface area contributed by atoms with Gasteiger partial charge >= 0.3 is 12.1 Å². The number of hydrogen-bond donors (Lipinski definition) is 2. The fourth-order valence-corrected chi connectivity index (χ4v) is 3.11. The lowest BCUT2D eigenvalue weighted by atomic mass is 10.1. The van der Waals surface area contributed by atoms with Gasteiger partial charge in [-0.05, 0) is 37.3 Å². The zero-order valence-corrected chi connectivity index (χ0v) is 16.9. The van der Waals surface area contributed by atoms with E-state index in [1.54, 1.807) is 19.2 Å². The first kappa shape index (κ1) is 21.9. The van der Waals surface area contributed by atoms with Crippen molar-refractivity contribution in [3.05, 3.63) is 83.8 Å². The van der Waals surface area contributed by atoms with Crippen molar-refractivity contribution in [2.24, 2.45) is 0 Å². The number of nitrogens with zero attached hydrogens (tertiary/aromatic N) is 4. The van der Waals surface area contributed by atoms with Crippen molar-refractivity contribution in [3.8, 4) is 16.9 Å². The zero-order chi connectivity index (χ0) is 23.8. The molecule has 7 nitrogen and oxygen atoms in total. The molecule has 0 fully saturated rings. The van der Waals surface area contributed by atoms with Crippen molar-refractivity contribution in [1.82, 2.24) is 19.5 Å². The predicted molar refractivity (Wildman–Crippen MR) is 111 cm³/mol. The van der Waals surface area contributed by atoms with Crippen LogP contribution in [0.4, 0.5) is 29.2 Å². The van der Waals surface area contributed by atoms with E-state index in [-0.39, 0.29) is 34.1 Å². The van der Waals surface area contributed by atoms with Crippen LogP contribution in [-0.4, -0.2) is 30.6 Å². The molecule has 4 rings (SSSR count). The maximum Gasteiger partial charge on any atom is 0.416 e. The molecule has 0 aliphatic heterocycles. The first-order valence-electron chi connectivity index (χ1n) is 9.47. The summed E-state index contributed by atoms with van der Waals surface area (Å²) in [5.74, 6) is -1.95. The lowest BCUT2D eigenvalue weighted by molar-refractivity contribution is -0.137. The number of aromatic carboxylic acids is 1. The van der Waals surface area contributed by atoms with Crippen LogP contribution in [0.15, 0.2) is 61.2 Å². The van der Waals surface area contributed by atoms with Gasteiger partial charge < -0.3 is 15.0 Å². The number of anilines is 2. The van der Waals surface area contributed by atoms with Gasteiger partial charge in [0.25, 0.3) is 0 Å². The van der Waals surface area contributed by atoms with Crippen molar-refractivity contribution in [3.63, 3.8) is 0 Å². The van der Waals surface area contributed by atoms with Crippen LogP contribution in [0.25, 0.3) is 16.9 Å². The maximum atomic E-state index is 14.6. The van der Waals surface area contributed by atoms with E-state index in [2.05, 4.69) is 20.3 Å². The molecule has 0 saturated carbocycles. The molecule has 168 valence electrons. The van der Waals surface area contributed by atoms with E-state index in [9.17, 15) is 27.5 Å². The number of imidazole rings is 1. The van der Waals surface area contributed by atoms with Gasteiger partial charge in [0.15, 0.2) is 0 Å². The topological polar surface area (TPSA) is 92.9 Å². The number of halogens is 4. The summed E-state index contributed by atoms with van der Waals surface area (Å²) in [6.07, 6.45) is -0.359. The number of carboxylic acids is 1. The van der Waals surface area contributed by atoms with Gasteiger partial charge in [0.1, 0.15) is 11.4 Å². The van der Waals surface area contributed by atoms with Crippen LogP contribution in [0.1, 0.15) is 21.6 Å². The third kappa shape index (κ3) is 4.66. The second kappa shape index (κ2) is 8.34. The van der Waals surface area contributed by atoms with Gasteiger partial charge in [0.2, 0.25) is 5.95 Å². The van der Waals surface area contributed by atoms with Gasteiger partial charge in [0.05, 0.1) is 29.0 Å². The number of rotatable bonds is 5. The molecule has 2 aromatic carbocycles. The molecule has 4 aromatic rings. The molecular formula is C22H15F4N5O2. The Morgan fingerprint density at radius 2 is 1.82 bits per heavy atom. The van der Waals surface area contributed by atoms with E-state index in [1.807, 2.05) is 0 Å². The molecule has 11 heteroatoms. The highest BCUT2D eigenvalue weighted by Gasteiger charge is 2.30. The van der Waals surface area contributed by atoms with Crippen LogP contribution < -0.4 is 5.32 Å². The van der Waals surface area contributed by atoms with Crippen LogP contribution in [-0.2, 0) is 6.18 Å². The Bertz CT molecular complexity index is 1330. The minimum Gasteiger partial charge on any atom is -0.478 e. The Balaban J connectivity index is 1.66. The lowest BCUT2D eigenvalue weighted by Gasteiger charge is -2.12. The quantitative estimate of drug-likeness (QED) is 0.399. The number of benzene rings is 2. The van der Waals surface area contributed by atoms with Crippen molar-refractivity contribution in [2.75, 3.05) is 5.32 Å². The summed E-state index contributed by atoms with van der Waals surface area (Å²) in [4.78, 5) is 23.7. The Morgan fingerprint density at radius 1 is 1.09 bits per heavy atom. The Morgan fingerprint density at radius 3 is 2.39 bits per heavy atom. The van der Waals surface area contributed by atoms with Crippen LogP contribution in [0.3, 0.4) is 0 Å². The van der Waals surface area contributed by atoms with Gasteiger partial charge in [-0.25, -0.2) is 24.1 Å². The first-order chi connectivity index (χ1) is 15.6. The van der Waals surface area contributed by atoms with E-state index >= 15 is 0 Å². The van der Waals surface area contributed by atoms with Crippen LogP contribution in [0.5, 0.6) is 0 Å². The minimum atomic E-state index is -4.53. The summed E-state index contributed by atoms with van der Waals surface area (Å²) in [6, 6.07) is 8.22. The SMILES string of the molecule is Cc1cn(-c2ccc(Nc3ncc(C(=O)O)c(-c4ccc(C(F)(F)F)cc4)n3)cc2F)cn1. The van der Waals surface area contributed by atoms with Gasteiger partial charge in [-0.2, -0.15) is 13.2 Å². The summed E-state index contributed by atoms with van der Waals surface area (Å²) in [5.41, 5.74) is 0.182. The molecule has 0 unspecified atom stereocenters. The van der Waals surface area contributed by atoms with Gasteiger partial charge in [0, 0.05) is 23.6 Å². The van der Waals surface area contributed by atoms with E-state index < -0.39 is 23.5 Å². The van der Waals surface area contributed by atoms with Crippen molar-refractivity contribution >= 4 is 17.6 Å². The zero-order valence-electron chi connectivity index (χ0n) is 16.9. The smallest absolute Gasteiger partial charge is 0.416 e. The minimum absolute atomic E-state index is 0.0551. The largest absolute Gasteiger partial charge is 0.478 e. The van der Waals surface area contributed by atoms with Crippen molar-refractivity contribution < 1.29 is 27.5 Å². The molecular weight excluding hydrogens is 442 g/mol. The Hall–Kier alpha value is -4.28. The highest BCUT2D eigenvalue weighted by atomic mass is 19.4. The summed E-state index contributed by atoms with van der Waals surface area (Å²) >= 11 is 0. The lowest BCUT2D eigenvalue weighted by Crippen LogP contribution is -2.07. The third-order valence-electron chi connectivity index (χ3n) is 4.70. The summed E-state index contributed by atoms with van der Waals surface area (Å²) in [5, 5.41) is 12.2. The van der Waals surface area contributed by atoms with Crippen LogP contribution in [0.2, 0.25) is 0 Å². The Labute approximate surface area is 184 Å². The summed E-state index contributed by atoms with van der Waals surface area (Å²) in [7, 11) is 0. The number of aryl methyl sites for hydroxylation is 1. The second-order valence-electron chi connectivity index (χ2n) is 7.05. The van der Waals surface area contributed by atoms with E-state index in [0.717, 1.165) is 36.2 Å². The molecule has 2 heterocycles. The van der Waals surface area contributed by atoms with Crippen molar-refractivity contribution in [1.29, 1.82) is 0 Å². The molecule has 33 heavy (non-hydrogen) atoms. The predicted octanol–water partition coefficient (Wildman–Crippen LogP) is 5.24. The molecule has 0 bridgehead atoms. The Kier molecular flexibility index (Phi) is 5.54. The first-order valence-corrected chi connectivity index (χ1v) is 9.47. The maximum absolute atomic E-state index is 14.6. The number of nitrogens with one attached hydrogen (secondary N) is 1. The molecule has 0 spiro atoms. The monoisotopic (exact) mass is 457 g/mol. The average molecular weight is 457 g/mol. The van der Waals surface area contributed by atoms with Gasteiger partial charge in [-0.15, -0.1) is 0 Å². The van der Waals surface area contributed by atoms with Gasteiger partial charge in [-0.1, -0.05) is 12.1 Å². The standard InChI is InChI=1S/C22H15F4N5O2/c1-12-10-31(11-28-12)18-7-6-15(8-17(18)23)29-21-27-9-16(20(32)33)19(30-21)13-2-4-14(5-3-13)22(24,25)26/h2-11H,1H3,(H,32,33)(H,27,29,30). The molecule has 0 amide bonds. The van der Waals surface area contributed by atoms with E-state index in [4.69, 9.17) is 0 Å². The van der Waals surface area contributed by atoms with E-state index in [0.29, 0.717) is 0 Å². The fourth-order valence-electron chi connectivity index (χ4n) is 3.11. The second-order valence-corrected chi connectivity index (χ2v) is 7.05. The summed E-state index contributed by atoms with van der Waals surface area (Å²) in [6.45, 7) is 1.77. The normalized spacial score (nSPS) is 11.4. The van der Waals surface area contributed by atoms with Gasteiger partial charge in [-0.3, -0.25) is 0 Å². The molecule has 0 atom stereocenters. The number of alkyl halides is 3. The molecule has 0 aliphatic rings. The fraction of sp³-hybridized carbons (Fsp3) is 0.0909.